The molecule has 2 unspecified atom stereocenters. The van der Waals surface area contributed by atoms with Crippen molar-refractivity contribution in [3.63, 3.8) is 0 Å². The van der Waals surface area contributed by atoms with Crippen LogP contribution in [0, 0.1) is 5.92 Å². The van der Waals surface area contributed by atoms with Gasteiger partial charge < -0.3 is 26.0 Å². The third-order valence-electron chi connectivity index (χ3n) is 5.07. The fourth-order valence-corrected chi connectivity index (χ4v) is 3.66. The van der Waals surface area contributed by atoms with Gasteiger partial charge in [-0.2, -0.15) is 0 Å². The van der Waals surface area contributed by atoms with Gasteiger partial charge in [0.15, 0.2) is 0 Å². The van der Waals surface area contributed by atoms with Crippen LogP contribution in [-0.2, 0) is 4.79 Å². The van der Waals surface area contributed by atoms with E-state index >= 15 is 0 Å². The zero-order chi connectivity index (χ0) is 20.6. The molecule has 0 aromatic heterocycles. The van der Waals surface area contributed by atoms with Crippen molar-refractivity contribution in [2.45, 2.75) is 18.9 Å². The van der Waals surface area contributed by atoms with Gasteiger partial charge in [-0.25, -0.2) is 4.79 Å². The van der Waals surface area contributed by atoms with Gasteiger partial charge in [0.2, 0.25) is 5.91 Å². The van der Waals surface area contributed by atoms with Crippen LogP contribution in [-0.4, -0.2) is 43.5 Å². The normalized spacial score (nSPS) is 16.4. The van der Waals surface area contributed by atoms with Crippen LogP contribution < -0.4 is 21.1 Å². The lowest BCUT2D eigenvalue weighted by molar-refractivity contribution is -0.130. The van der Waals surface area contributed by atoms with E-state index in [1.807, 2.05) is 66.5 Å². The molecule has 0 bridgehead atoms. The summed E-state index contributed by atoms with van der Waals surface area (Å²) in [6.07, 6.45) is 1.14. The van der Waals surface area contributed by atoms with Gasteiger partial charge in [-0.1, -0.05) is 30.3 Å². The molecule has 1 aliphatic rings. The van der Waals surface area contributed by atoms with E-state index < -0.39 is 12.1 Å². The van der Waals surface area contributed by atoms with Crippen LogP contribution in [0.25, 0.3) is 0 Å². The predicted molar refractivity (Wildman–Crippen MR) is 119 cm³/mol. The van der Waals surface area contributed by atoms with E-state index in [0.29, 0.717) is 17.4 Å². The second-order valence-corrected chi connectivity index (χ2v) is 7.31. The topological polar surface area (TPSA) is 96.7 Å². The number of amides is 3. The number of hydrogen-bond donors (Lipinski definition) is 3. The number of carbonyl (C=O) groups excluding carboxylic acids is 2. The number of halogens is 1. The molecule has 1 heterocycles. The summed E-state index contributed by atoms with van der Waals surface area (Å²) in [4.78, 5) is 26.2. The molecule has 2 aromatic carbocycles. The molecule has 3 rings (SSSR count). The second kappa shape index (κ2) is 11.4. The molecule has 2 aromatic rings. The Kier molecular flexibility index (Phi) is 8.95. The highest BCUT2D eigenvalue weighted by molar-refractivity contribution is 5.85. The lowest BCUT2D eigenvalue weighted by atomic mass is 10.0. The van der Waals surface area contributed by atoms with Crippen LogP contribution in [0.15, 0.2) is 54.6 Å². The van der Waals surface area contributed by atoms with Crippen molar-refractivity contribution in [3.05, 3.63) is 60.2 Å². The molecule has 1 fully saturated rings. The number of rotatable bonds is 8. The summed E-state index contributed by atoms with van der Waals surface area (Å²) in [6, 6.07) is 15.6. The van der Waals surface area contributed by atoms with Crippen molar-refractivity contribution >= 4 is 24.3 Å². The highest BCUT2D eigenvalue weighted by atomic mass is 35.5. The summed E-state index contributed by atoms with van der Waals surface area (Å²) in [5.74, 6) is 1.83. The number of nitrogens with two attached hydrogens (primary N) is 1. The molecule has 0 saturated carbocycles. The number of hydrogen-bond acceptors (Lipinski definition) is 4. The van der Waals surface area contributed by atoms with Crippen molar-refractivity contribution in [2.75, 3.05) is 26.7 Å². The highest BCUT2D eigenvalue weighted by Crippen LogP contribution is 2.27. The van der Waals surface area contributed by atoms with E-state index in [1.165, 1.54) is 0 Å². The van der Waals surface area contributed by atoms with Crippen LogP contribution >= 0.6 is 12.4 Å². The molecule has 162 valence electrons. The maximum atomic E-state index is 12.8. The van der Waals surface area contributed by atoms with Gasteiger partial charge in [0.25, 0.3) is 0 Å². The summed E-state index contributed by atoms with van der Waals surface area (Å²) in [6.45, 7) is 2.37. The zero-order valence-electron chi connectivity index (χ0n) is 17.0. The Balaban J connectivity index is 0.00000320. The summed E-state index contributed by atoms with van der Waals surface area (Å²) < 4.78 is 5.87. The van der Waals surface area contributed by atoms with E-state index in [-0.39, 0.29) is 24.7 Å². The largest absolute Gasteiger partial charge is 0.457 e. The molecule has 1 saturated heterocycles. The average Bonchev–Trinajstić information content (AvgIpc) is 3.17. The first-order valence-electron chi connectivity index (χ1n) is 9.86. The number of nitrogens with zero attached hydrogens (tertiary/aromatic N) is 1. The molecule has 0 aliphatic carbocycles. The Morgan fingerprint density at radius 3 is 2.60 bits per heavy atom. The molecular weight excluding hydrogens is 404 g/mol. The maximum absolute atomic E-state index is 12.8. The van der Waals surface area contributed by atoms with Gasteiger partial charge in [-0.05, 0) is 55.8 Å². The SMILES string of the molecule is CNCC1CCN(C(=O)CC(NC(N)=O)c2cccc(Oc3ccccc3)c2)C1.Cl. The maximum Gasteiger partial charge on any atom is 0.312 e. The molecule has 0 radical (unpaired) electrons. The fraction of sp³-hybridized carbons (Fsp3) is 0.364. The third-order valence-corrected chi connectivity index (χ3v) is 5.07. The molecule has 0 spiro atoms. The quantitative estimate of drug-likeness (QED) is 0.597. The smallest absolute Gasteiger partial charge is 0.312 e. The molecule has 30 heavy (non-hydrogen) atoms. The zero-order valence-corrected chi connectivity index (χ0v) is 17.9. The van der Waals surface area contributed by atoms with E-state index in [9.17, 15) is 9.59 Å². The minimum atomic E-state index is -0.660. The van der Waals surface area contributed by atoms with Crippen molar-refractivity contribution in [2.24, 2.45) is 11.7 Å². The number of primary amides is 1. The number of urea groups is 1. The standard InChI is InChI=1S/C22H28N4O3.ClH/c1-24-14-16-10-11-26(15-16)21(27)13-20(25-22(23)28)17-6-5-9-19(12-17)29-18-7-3-2-4-8-18;/h2-9,12,16,20,24H,10-11,13-15H2,1H3,(H3,23,25,28);1H. The Hall–Kier alpha value is -2.77. The first-order valence-corrected chi connectivity index (χ1v) is 9.86. The van der Waals surface area contributed by atoms with Gasteiger partial charge in [-0.15, -0.1) is 12.4 Å². The van der Waals surface area contributed by atoms with Gasteiger partial charge >= 0.3 is 6.03 Å². The van der Waals surface area contributed by atoms with Crippen LogP contribution in [0.5, 0.6) is 11.5 Å². The van der Waals surface area contributed by atoms with Gasteiger partial charge in [0, 0.05) is 13.1 Å². The molecule has 3 amide bonds. The number of para-hydroxylation sites is 1. The van der Waals surface area contributed by atoms with Crippen LogP contribution in [0.4, 0.5) is 4.79 Å². The van der Waals surface area contributed by atoms with Gasteiger partial charge in [-0.3, -0.25) is 4.79 Å². The van der Waals surface area contributed by atoms with Crippen LogP contribution in [0.1, 0.15) is 24.4 Å². The molecule has 8 heteroatoms. The molecular formula is C22H29ClN4O3. The Bertz CT molecular complexity index is 834. The lowest BCUT2D eigenvalue weighted by Gasteiger charge is -2.22. The number of likely N-dealkylation sites (tertiary alicyclic amines) is 1. The Labute approximate surface area is 183 Å². The molecule has 7 nitrogen and oxygen atoms in total. The number of nitrogens with one attached hydrogen (secondary N) is 2. The summed E-state index contributed by atoms with van der Waals surface area (Å²) in [7, 11) is 1.92. The monoisotopic (exact) mass is 432 g/mol. The van der Waals surface area contributed by atoms with Crippen LogP contribution in [0.2, 0.25) is 0 Å². The van der Waals surface area contributed by atoms with Crippen molar-refractivity contribution < 1.29 is 14.3 Å². The summed E-state index contributed by atoms with van der Waals surface area (Å²) in [5, 5.41) is 5.86. The van der Waals surface area contributed by atoms with Gasteiger partial charge in [0.1, 0.15) is 11.5 Å². The van der Waals surface area contributed by atoms with Crippen molar-refractivity contribution in [1.29, 1.82) is 0 Å². The van der Waals surface area contributed by atoms with Crippen LogP contribution in [0.3, 0.4) is 0 Å². The molecule has 4 N–H and O–H groups in total. The number of benzene rings is 2. The third kappa shape index (κ3) is 6.64. The molecule has 1 aliphatic heterocycles. The highest BCUT2D eigenvalue weighted by Gasteiger charge is 2.28. The molecule has 2 atom stereocenters. The minimum Gasteiger partial charge on any atom is -0.457 e. The Morgan fingerprint density at radius 2 is 1.90 bits per heavy atom. The summed E-state index contributed by atoms with van der Waals surface area (Å²) >= 11 is 0. The van der Waals surface area contributed by atoms with Crippen molar-refractivity contribution in [1.82, 2.24) is 15.5 Å². The van der Waals surface area contributed by atoms with Crippen molar-refractivity contribution in [3.8, 4) is 11.5 Å². The van der Waals surface area contributed by atoms with E-state index in [0.717, 1.165) is 31.6 Å². The average molecular weight is 433 g/mol. The Morgan fingerprint density at radius 1 is 1.17 bits per heavy atom. The fourth-order valence-electron chi connectivity index (χ4n) is 3.66. The first kappa shape index (κ1) is 23.5. The van der Waals surface area contributed by atoms with Gasteiger partial charge in [0.05, 0.1) is 12.5 Å². The lowest BCUT2D eigenvalue weighted by Crippen LogP contribution is -2.38. The van der Waals surface area contributed by atoms with E-state index in [1.54, 1.807) is 0 Å². The minimum absolute atomic E-state index is 0. The predicted octanol–water partition coefficient (Wildman–Crippen LogP) is 3.07. The first-order chi connectivity index (χ1) is 14.0. The number of ether oxygens (including phenoxy) is 1. The summed E-state index contributed by atoms with van der Waals surface area (Å²) in [5.41, 5.74) is 6.14. The van der Waals surface area contributed by atoms with E-state index in [2.05, 4.69) is 10.6 Å². The number of carbonyl (C=O) groups is 2. The van der Waals surface area contributed by atoms with E-state index in [4.69, 9.17) is 10.5 Å². The second-order valence-electron chi connectivity index (χ2n) is 7.31.